The van der Waals surface area contributed by atoms with Gasteiger partial charge in [0.1, 0.15) is 5.54 Å². The van der Waals surface area contributed by atoms with Gasteiger partial charge in [-0.15, -0.1) is 0 Å². The Bertz CT molecular complexity index is 478. The minimum absolute atomic E-state index is 0.153. The Kier molecular flexibility index (Phi) is 3.97. The van der Waals surface area contributed by atoms with Gasteiger partial charge in [-0.25, -0.2) is 4.79 Å². The van der Waals surface area contributed by atoms with E-state index in [-0.39, 0.29) is 18.3 Å². The van der Waals surface area contributed by atoms with Crippen LogP contribution >= 0.6 is 0 Å². The van der Waals surface area contributed by atoms with E-state index in [1.54, 1.807) is 0 Å². The number of carboxylic acid groups (broad SMARTS) is 2. The van der Waals surface area contributed by atoms with Crippen LogP contribution < -0.4 is 11.1 Å². The SMILES string of the molecule is CC(C)C[C@@H](N)C(=O)N[C@@]1(C(=O)O)CC[C@H]2[C@H](C(=O)O)[C@H]21. The van der Waals surface area contributed by atoms with Crippen molar-refractivity contribution in [2.24, 2.45) is 29.4 Å². The number of carbonyl (C=O) groups is 3. The highest BCUT2D eigenvalue weighted by Gasteiger charge is 2.72. The Morgan fingerprint density at radius 1 is 1.33 bits per heavy atom. The molecule has 2 aliphatic rings. The molecule has 0 bridgehead atoms. The van der Waals surface area contributed by atoms with E-state index in [1.165, 1.54) is 0 Å². The predicted octanol–water partition coefficient (Wildman–Crippen LogP) is 0.0400. The number of rotatable bonds is 6. The van der Waals surface area contributed by atoms with E-state index in [0.717, 1.165) is 0 Å². The molecule has 2 saturated carbocycles. The van der Waals surface area contributed by atoms with Crippen LogP contribution in [-0.2, 0) is 14.4 Å². The average Bonchev–Trinajstić information content (AvgIpc) is 2.98. The molecule has 0 radical (unpaired) electrons. The van der Waals surface area contributed by atoms with Crippen LogP contribution in [0.4, 0.5) is 0 Å². The van der Waals surface area contributed by atoms with Crippen molar-refractivity contribution in [3.63, 3.8) is 0 Å². The van der Waals surface area contributed by atoms with Crippen molar-refractivity contribution in [3.8, 4) is 0 Å². The van der Waals surface area contributed by atoms with Gasteiger partial charge < -0.3 is 21.3 Å². The number of fused-ring (bicyclic) bond motifs is 1. The average molecular weight is 298 g/mol. The maximum atomic E-state index is 12.1. The molecule has 7 heteroatoms. The Hall–Kier alpha value is -1.63. The minimum atomic E-state index is -1.47. The number of hydrogen-bond acceptors (Lipinski definition) is 4. The number of nitrogens with two attached hydrogens (primary N) is 1. The van der Waals surface area contributed by atoms with Gasteiger partial charge in [-0.2, -0.15) is 0 Å². The summed E-state index contributed by atoms with van der Waals surface area (Å²) >= 11 is 0. The molecular formula is C14H22N2O5. The zero-order valence-corrected chi connectivity index (χ0v) is 12.2. The van der Waals surface area contributed by atoms with Gasteiger partial charge in [-0.3, -0.25) is 9.59 Å². The molecular weight excluding hydrogens is 276 g/mol. The number of carboxylic acids is 2. The number of aliphatic carboxylic acids is 2. The van der Waals surface area contributed by atoms with Gasteiger partial charge in [0.2, 0.25) is 5.91 Å². The third kappa shape index (κ3) is 2.62. The largest absolute Gasteiger partial charge is 0.481 e. The maximum Gasteiger partial charge on any atom is 0.329 e. The summed E-state index contributed by atoms with van der Waals surface area (Å²) in [6.45, 7) is 3.85. The lowest BCUT2D eigenvalue weighted by atomic mass is 9.89. The number of carbonyl (C=O) groups excluding carboxylic acids is 1. The molecule has 0 aliphatic heterocycles. The lowest BCUT2D eigenvalue weighted by Crippen LogP contribution is -2.59. The lowest BCUT2D eigenvalue weighted by molar-refractivity contribution is -0.150. The van der Waals surface area contributed by atoms with E-state index < -0.39 is 41.3 Å². The molecule has 5 N–H and O–H groups in total. The quantitative estimate of drug-likeness (QED) is 0.548. The Morgan fingerprint density at radius 3 is 2.38 bits per heavy atom. The van der Waals surface area contributed by atoms with Gasteiger partial charge in [0.05, 0.1) is 12.0 Å². The third-order valence-electron chi connectivity index (χ3n) is 4.68. The van der Waals surface area contributed by atoms with E-state index in [4.69, 9.17) is 10.8 Å². The Balaban J connectivity index is 2.12. The Morgan fingerprint density at radius 2 is 1.95 bits per heavy atom. The van der Waals surface area contributed by atoms with Crippen molar-refractivity contribution >= 4 is 17.8 Å². The van der Waals surface area contributed by atoms with Crippen LogP contribution in [-0.4, -0.2) is 39.6 Å². The maximum absolute atomic E-state index is 12.1. The van der Waals surface area contributed by atoms with Crippen molar-refractivity contribution in [2.75, 3.05) is 0 Å². The fraction of sp³-hybridized carbons (Fsp3) is 0.786. The van der Waals surface area contributed by atoms with E-state index in [0.29, 0.717) is 12.8 Å². The molecule has 0 spiro atoms. The predicted molar refractivity (Wildman–Crippen MR) is 73.3 cm³/mol. The molecule has 0 saturated heterocycles. The first-order valence-electron chi connectivity index (χ1n) is 7.24. The second-order valence-electron chi connectivity index (χ2n) is 6.59. The van der Waals surface area contributed by atoms with Crippen LogP contribution in [0.2, 0.25) is 0 Å². The first-order chi connectivity index (χ1) is 9.70. The monoisotopic (exact) mass is 298 g/mol. The summed E-state index contributed by atoms with van der Waals surface area (Å²) in [6, 6.07) is -0.776. The number of nitrogens with one attached hydrogen (secondary N) is 1. The first kappa shape index (κ1) is 15.8. The molecule has 21 heavy (non-hydrogen) atoms. The van der Waals surface area contributed by atoms with E-state index in [9.17, 15) is 19.5 Å². The van der Waals surface area contributed by atoms with Crippen molar-refractivity contribution in [2.45, 2.75) is 44.7 Å². The van der Waals surface area contributed by atoms with Gasteiger partial charge in [0.25, 0.3) is 0 Å². The zero-order chi connectivity index (χ0) is 15.9. The van der Waals surface area contributed by atoms with Crippen molar-refractivity contribution in [1.29, 1.82) is 0 Å². The smallest absolute Gasteiger partial charge is 0.329 e. The van der Waals surface area contributed by atoms with Gasteiger partial charge in [0, 0.05) is 5.92 Å². The molecule has 0 aromatic carbocycles. The second kappa shape index (κ2) is 5.29. The molecule has 0 unspecified atom stereocenters. The summed E-state index contributed by atoms with van der Waals surface area (Å²) in [5.41, 5.74) is 4.31. The summed E-state index contributed by atoms with van der Waals surface area (Å²) in [7, 11) is 0. The summed E-state index contributed by atoms with van der Waals surface area (Å²) < 4.78 is 0. The molecule has 5 atom stereocenters. The number of hydrogen-bond donors (Lipinski definition) is 4. The first-order valence-corrected chi connectivity index (χ1v) is 7.24. The molecule has 0 aromatic rings. The summed E-state index contributed by atoms with van der Waals surface area (Å²) in [5.74, 6) is -3.79. The number of amides is 1. The zero-order valence-electron chi connectivity index (χ0n) is 12.2. The van der Waals surface area contributed by atoms with Crippen LogP contribution in [0.3, 0.4) is 0 Å². The topological polar surface area (TPSA) is 130 Å². The molecule has 7 nitrogen and oxygen atoms in total. The molecule has 0 heterocycles. The highest BCUT2D eigenvalue weighted by molar-refractivity contribution is 5.92. The molecule has 0 aromatic heterocycles. The van der Waals surface area contributed by atoms with E-state index >= 15 is 0 Å². The molecule has 118 valence electrons. The van der Waals surface area contributed by atoms with Crippen LogP contribution in [0.15, 0.2) is 0 Å². The fourth-order valence-electron chi connectivity index (χ4n) is 3.68. The van der Waals surface area contributed by atoms with Crippen LogP contribution in [0.5, 0.6) is 0 Å². The van der Waals surface area contributed by atoms with Crippen molar-refractivity contribution in [1.82, 2.24) is 5.32 Å². The highest BCUT2D eigenvalue weighted by atomic mass is 16.4. The van der Waals surface area contributed by atoms with Crippen molar-refractivity contribution in [3.05, 3.63) is 0 Å². The molecule has 2 fully saturated rings. The van der Waals surface area contributed by atoms with Gasteiger partial charge >= 0.3 is 11.9 Å². The molecule has 1 amide bonds. The molecule has 2 rings (SSSR count). The van der Waals surface area contributed by atoms with Crippen LogP contribution in [0, 0.1) is 23.7 Å². The normalized spacial score (nSPS) is 35.1. The molecule has 2 aliphatic carbocycles. The lowest BCUT2D eigenvalue weighted by Gasteiger charge is -2.30. The van der Waals surface area contributed by atoms with Crippen molar-refractivity contribution < 1.29 is 24.6 Å². The van der Waals surface area contributed by atoms with Gasteiger partial charge in [0.15, 0.2) is 0 Å². The van der Waals surface area contributed by atoms with Crippen LogP contribution in [0.1, 0.15) is 33.1 Å². The van der Waals surface area contributed by atoms with Gasteiger partial charge in [-0.05, 0) is 31.1 Å². The summed E-state index contributed by atoms with van der Waals surface area (Å²) in [5, 5.41) is 21.2. The van der Waals surface area contributed by atoms with Crippen LogP contribution in [0.25, 0.3) is 0 Å². The summed E-state index contributed by atoms with van der Waals surface area (Å²) in [4.78, 5) is 34.9. The van der Waals surface area contributed by atoms with Gasteiger partial charge in [-0.1, -0.05) is 13.8 Å². The fourth-order valence-corrected chi connectivity index (χ4v) is 3.68. The highest BCUT2D eigenvalue weighted by Crippen LogP contribution is 2.62. The second-order valence-corrected chi connectivity index (χ2v) is 6.59. The minimum Gasteiger partial charge on any atom is -0.481 e. The Labute approximate surface area is 122 Å². The van der Waals surface area contributed by atoms with E-state index in [2.05, 4.69) is 5.32 Å². The summed E-state index contributed by atoms with van der Waals surface area (Å²) in [6.07, 6.45) is 1.23. The standard InChI is InChI=1S/C14H22N2O5/c1-6(2)5-8(15)11(17)16-14(13(20)21)4-3-7-9(10(7)14)12(18)19/h6-10H,3-5,15H2,1-2H3,(H,16,17)(H,18,19)(H,20,21)/t7-,8+,9-,10-,14-/m0/s1. The van der Waals surface area contributed by atoms with E-state index in [1.807, 2.05) is 13.8 Å². The third-order valence-corrected chi connectivity index (χ3v) is 4.68.